The van der Waals surface area contributed by atoms with Crippen LogP contribution in [0.4, 0.5) is 0 Å². The molecule has 0 spiro atoms. The molecule has 14 heavy (non-hydrogen) atoms. The monoisotopic (exact) mass is 218 g/mol. The predicted octanol–water partition coefficient (Wildman–Crippen LogP) is 1.02. The minimum Gasteiger partial charge on any atom is -0.337 e. The molecule has 1 aliphatic heterocycles. The van der Waals surface area contributed by atoms with E-state index in [-0.39, 0.29) is 11.8 Å². The normalized spacial score (nSPS) is 26.3. The van der Waals surface area contributed by atoms with Crippen LogP contribution in [0.3, 0.4) is 0 Å². The molecule has 3 nitrogen and oxygen atoms in total. The molecule has 0 aromatic carbocycles. The second-order valence-corrected chi connectivity index (χ2v) is 4.51. The number of nitrogens with zero attached hydrogens (tertiary/aromatic N) is 2. The third-order valence-corrected chi connectivity index (χ3v) is 3.23. The summed E-state index contributed by atoms with van der Waals surface area (Å²) in [6, 6.07) is 0.312. The van der Waals surface area contributed by atoms with Gasteiger partial charge in [0.15, 0.2) is 0 Å². The maximum Gasteiger partial charge on any atom is 0.226 e. The van der Waals surface area contributed by atoms with E-state index in [1.807, 2.05) is 11.8 Å². The van der Waals surface area contributed by atoms with Crippen molar-refractivity contribution in [2.45, 2.75) is 19.9 Å². The Kier molecular flexibility index (Phi) is 4.20. The Morgan fingerprint density at radius 1 is 1.57 bits per heavy atom. The van der Waals surface area contributed by atoms with Crippen LogP contribution in [0.2, 0.25) is 0 Å². The summed E-state index contributed by atoms with van der Waals surface area (Å²) in [5.74, 6) is 0.556. The number of hydrogen-bond acceptors (Lipinski definition) is 2. The van der Waals surface area contributed by atoms with E-state index in [1.165, 1.54) is 0 Å². The van der Waals surface area contributed by atoms with Gasteiger partial charge in [0.1, 0.15) is 0 Å². The molecule has 0 saturated carbocycles. The Morgan fingerprint density at radius 2 is 2.21 bits per heavy atom. The molecule has 0 N–H and O–H groups in total. The molecule has 1 amide bonds. The molecule has 1 fully saturated rings. The van der Waals surface area contributed by atoms with Gasteiger partial charge in [-0.05, 0) is 14.0 Å². The smallest absolute Gasteiger partial charge is 0.226 e. The van der Waals surface area contributed by atoms with Crippen LogP contribution in [0.15, 0.2) is 0 Å². The van der Waals surface area contributed by atoms with Crippen molar-refractivity contribution in [2.75, 3.05) is 32.6 Å². The number of likely N-dealkylation sites (N-methyl/N-ethyl adjacent to an activating group) is 1. The molecule has 0 radical (unpaired) electrons. The minimum atomic E-state index is -0.0532. The van der Waals surface area contributed by atoms with Gasteiger partial charge in [-0.1, -0.05) is 6.92 Å². The number of carbonyl (C=O) groups is 1. The number of halogens is 1. The molecule has 0 bridgehead atoms. The maximum atomic E-state index is 11.9. The SMILES string of the molecule is CC(CCl)C(=O)N1CCN(C)CC1C. The highest BCUT2D eigenvalue weighted by Gasteiger charge is 2.28. The van der Waals surface area contributed by atoms with Crippen LogP contribution in [0.25, 0.3) is 0 Å². The van der Waals surface area contributed by atoms with Crippen LogP contribution in [0, 0.1) is 5.92 Å². The lowest BCUT2D eigenvalue weighted by molar-refractivity contribution is -0.138. The van der Waals surface area contributed by atoms with Crippen molar-refractivity contribution in [3.05, 3.63) is 0 Å². The molecule has 82 valence electrons. The van der Waals surface area contributed by atoms with Crippen LogP contribution in [0.5, 0.6) is 0 Å². The molecule has 0 aliphatic carbocycles. The first-order chi connectivity index (χ1) is 6.56. The van der Waals surface area contributed by atoms with E-state index in [1.54, 1.807) is 0 Å². The van der Waals surface area contributed by atoms with E-state index in [0.717, 1.165) is 19.6 Å². The molecule has 1 rings (SSSR count). The van der Waals surface area contributed by atoms with Crippen LogP contribution in [-0.2, 0) is 4.79 Å². The van der Waals surface area contributed by atoms with E-state index >= 15 is 0 Å². The van der Waals surface area contributed by atoms with Crippen molar-refractivity contribution >= 4 is 17.5 Å². The third kappa shape index (κ3) is 2.61. The third-order valence-electron chi connectivity index (χ3n) is 2.77. The molecule has 0 aromatic heterocycles. The number of alkyl halides is 1. The molecule has 1 heterocycles. The molecule has 2 atom stereocenters. The van der Waals surface area contributed by atoms with Crippen molar-refractivity contribution in [3.8, 4) is 0 Å². The highest BCUT2D eigenvalue weighted by Crippen LogP contribution is 2.12. The summed E-state index contributed by atoms with van der Waals surface area (Å²) >= 11 is 5.68. The Bertz CT molecular complexity index is 210. The lowest BCUT2D eigenvalue weighted by Crippen LogP contribution is -2.54. The fourth-order valence-electron chi connectivity index (χ4n) is 1.82. The first kappa shape index (κ1) is 11.8. The largest absolute Gasteiger partial charge is 0.337 e. The zero-order chi connectivity index (χ0) is 10.7. The Labute approximate surface area is 91.0 Å². The summed E-state index contributed by atoms with van der Waals surface area (Å²) in [6.07, 6.45) is 0. The Morgan fingerprint density at radius 3 is 2.71 bits per heavy atom. The van der Waals surface area contributed by atoms with Crippen LogP contribution < -0.4 is 0 Å². The van der Waals surface area contributed by atoms with Gasteiger partial charge in [0.05, 0.1) is 0 Å². The number of hydrogen-bond donors (Lipinski definition) is 0. The maximum absolute atomic E-state index is 11.9. The number of piperazine rings is 1. The second kappa shape index (κ2) is 4.99. The van der Waals surface area contributed by atoms with Gasteiger partial charge >= 0.3 is 0 Å². The number of carbonyl (C=O) groups excluding carboxylic acids is 1. The van der Waals surface area contributed by atoms with E-state index in [2.05, 4.69) is 18.9 Å². The fourth-order valence-corrected chi connectivity index (χ4v) is 1.95. The summed E-state index contributed by atoms with van der Waals surface area (Å²) in [5, 5.41) is 0. The van der Waals surface area contributed by atoms with Gasteiger partial charge in [-0.3, -0.25) is 4.79 Å². The molecule has 1 saturated heterocycles. The lowest BCUT2D eigenvalue weighted by atomic mass is 10.1. The highest BCUT2D eigenvalue weighted by molar-refractivity contribution is 6.19. The number of rotatable bonds is 2. The minimum absolute atomic E-state index is 0.0532. The average Bonchev–Trinajstić information content (AvgIpc) is 2.15. The van der Waals surface area contributed by atoms with Gasteiger partial charge in [0.2, 0.25) is 5.91 Å². The summed E-state index contributed by atoms with van der Waals surface area (Å²) in [7, 11) is 2.09. The van der Waals surface area contributed by atoms with E-state index < -0.39 is 0 Å². The zero-order valence-electron chi connectivity index (χ0n) is 9.16. The van der Waals surface area contributed by atoms with Crippen LogP contribution in [-0.4, -0.2) is 54.3 Å². The quantitative estimate of drug-likeness (QED) is 0.647. The summed E-state index contributed by atoms with van der Waals surface area (Å²) in [6.45, 7) is 6.73. The zero-order valence-corrected chi connectivity index (χ0v) is 9.92. The first-order valence-corrected chi connectivity index (χ1v) is 5.64. The van der Waals surface area contributed by atoms with Crippen molar-refractivity contribution < 1.29 is 4.79 Å². The van der Waals surface area contributed by atoms with Crippen molar-refractivity contribution in [1.82, 2.24) is 9.80 Å². The van der Waals surface area contributed by atoms with Gasteiger partial charge in [0.25, 0.3) is 0 Å². The first-order valence-electron chi connectivity index (χ1n) is 5.11. The Hall–Kier alpha value is -0.280. The summed E-state index contributed by atoms with van der Waals surface area (Å²) in [5.41, 5.74) is 0. The lowest BCUT2D eigenvalue weighted by Gasteiger charge is -2.39. The predicted molar refractivity (Wildman–Crippen MR) is 58.6 cm³/mol. The van der Waals surface area contributed by atoms with Gasteiger partial charge in [0, 0.05) is 37.5 Å². The highest BCUT2D eigenvalue weighted by atomic mass is 35.5. The second-order valence-electron chi connectivity index (χ2n) is 4.20. The summed E-state index contributed by atoms with van der Waals surface area (Å²) < 4.78 is 0. The van der Waals surface area contributed by atoms with E-state index in [9.17, 15) is 4.79 Å². The molecule has 4 heteroatoms. The van der Waals surface area contributed by atoms with Crippen LogP contribution >= 0.6 is 11.6 Å². The van der Waals surface area contributed by atoms with Crippen molar-refractivity contribution in [2.24, 2.45) is 5.92 Å². The van der Waals surface area contributed by atoms with Crippen LogP contribution in [0.1, 0.15) is 13.8 Å². The average molecular weight is 219 g/mol. The van der Waals surface area contributed by atoms with Crippen molar-refractivity contribution in [3.63, 3.8) is 0 Å². The fraction of sp³-hybridized carbons (Fsp3) is 0.900. The summed E-state index contributed by atoms with van der Waals surface area (Å²) in [4.78, 5) is 16.1. The molecule has 0 aromatic rings. The molecule has 2 unspecified atom stereocenters. The molecular weight excluding hydrogens is 200 g/mol. The molecule has 1 aliphatic rings. The Balaban J connectivity index is 2.55. The van der Waals surface area contributed by atoms with Gasteiger partial charge < -0.3 is 9.80 Å². The van der Waals surface area contributed by atoms with Gasteiger partial charge in [-0.25, -0.2) is 0 Å². The topological polar surface area (TPSA) is 23.6 Å². The standard InChI is InChI=1S/C10H19ClN2O/c1-8(6-11)10(14)13-5-4-12(3)7-9(13)2/h8-9H,4-7H2,1-3H3. The van der Waals surface area contributed by atoms with Gasteiger partial charge in [-0.15, -0.1) is 11.6 Å². The van der Waals surface area contributed by atoms with Gasteiger partial charge in [-0.2, -0.15) is 0 Å². The van der Waals surface area contributed by atoms with E-state index in [4.69, 9.17) is 11.6 Å². The van der Waals surface area contributed by atoms with Crippen molar-refractivity contribution in [1.29, 1.82) is 0 Å². The molecular formula is C10H19ClN2O. The number of amides is 1. The van der Waals surface area contributed by atoms with E-state index in [0.29, 0.717) is 11.9 Å².